The first kappa shape index (κ1) is 15.0. The number of nitrogens with zero attached hydrogens (tertiary/aromatic N) is 1. The molecule has 108 valence electrons. The van der Waals surface area contributed by atoms with Gasteiger partial charge in [0.1, 0.15) is 5.01 Å². The second kappa shape index (κ2) is 5.51. The van der Waals surface area contributed by atoms with E-state index < -0.39 is 10.0 Å². The second-order valence-corrected chi connectivity index (χ2v) is 7.47. The summed E-state index contributed by atoms with van der Waals surface area (Å²) in [5.41, 5.74) is 2.74. The van der Waals surface area contributed by atoms with Crippen LogP contribution in [0.4, 0.5) is 5.69 Å². The molecule has 0 unspecified atom stereocenters. The monoisotopic (exact) mass is 311 g/mol. The Morgan fingerprint density at radius 1 is 1.30 bits per heavy atom. The predicted molar refractivity (Wildman–Crippen MR) is 81.5 cm³/mol. The van der Waals surface area contributed by atoms with Crippen LogP contribution in [0.2, 0.25) is 0 Å². The lowest BCUT2D eigenvalue weighted by atomic mass is 10.2. The molecule has 0 bridgehead atoms. The molecule has 0 fully saturated rings. The Bertz CT molecular complexity index is 717. The summed E-state index contributed by atoms with van der Waals surface area (Å²) in [6.07, 6.45) is 0. The van der Waals surface area contributed by atoms with E-state index in [9.17, 15) is 8.42 Å². The van der Waals surface area contributed by atoms with Gasteiger partial charge in [0.25, 0.3) is 0 Å². The highest BCUT2D eigenvalue weighted by Gasteiger charge is 2.10. The van der Waals surface area contributed by atoms with Gasteiger partial charge in [-0.1, -0.05) is 6.07 Å². The molecule has 2 aromatic rings. The number of primary sulfonamides is 1. The van der Waals surface area contributed by atoms with Crippen LogP contribution in [-0.4, -0.2) is 13.4 Å². The number of hydrogen-bond donors (Lipinski definition) is 2. The third-order valence-corrected chi connectivity index (χ3v) is 5.02. The molecule has 0 amide bonds. The first-order chi connectivity index (χ1) is 9.27. The van der Waals surface area contributed by atoms with E-state index in [4.69, 9.17) is 5.14 Å². The first-order valence-electron chi connectivity index (χ1n) is 6.07. The molecule has 0 radical (unpaired) electrons. The van der Waals surface area contributed by atoms with Crippen LogP contribution >= 0.6 is 11.3 Å². The third-order valence-electron chi connectivity index (χ3n) is 3.04. The van der Waals surface area contributed by atoms with Crippen LogP contribution in [0.15, 0.2) is 23.1 Å². The lowest BCUT2D eigenvalue weighted by molar-refractivity contribution is 0.598. The van der Waals surface area contributed by atoms with Gasteiger partial charge in [0.05, 0.1) is 17.1 Å². The Labute approximate surface area is 122 Å². The number of sulfonamides is 1. The summed E-state index contributed by atoms with van der Waals surface area (Å²) in [6.45, 7) is 6.48. The minimum atomic E-state index is -3.68. The summed E-state index contributed by atoms with van der Waals surface area (Å²) >= 11 is 1.63. The molecule has 7 heteroatoms. The molecule has 0 saturated carbocycles. The van der Waals surface area contributed by atoms with E-state index in [1.54, 1.807) is 23.5 Å². The molecule has 0 aliphatic heterocycles. The van der Waals surface area contributed by atoms with E-state index in [0.717, 1.165) is 22.0 Å². The summed E-state index contributed by atoms with van der Waals surface area (Å²) in [6, 6.07) is 4.80. The number of aryl methyl sites for hydroxylation is 3. The molecule has 0 atom stereocenters. The molecule has 0 spiro atoms. The largest absolute Gasteiger partial charge is 0.378 e. The number of nitrogens with two attached hydrogens (primary N) is 1. The minimum absolute atomic E-state index is 0.108. The number of nitrogens with one attached hydrogen (secondary N) is 1. The Morgan fingerprint density at radius 3 is 2.55 bits per heavy atom. The number of aromatic nitrogens is 1. The quantitative estimate of drug-likeness (QED) is 0.907. The summed E-state index contributed by atoms with van der Waals surface area (Å²) < 4.78 is 22.7. The van der Waals surface area contributed by atoms with Gasteiger partial charge in [0.2, 0.25) is 10.0 Å². The van der Waals surface area contributed by atoms with Gasteiger partial charge in [-0.05, 0) is 38.5 Å². The van der Waals surface area contributed by atoms with Crippen LogP contribution in [0.25, 0.3) is 0 Å². The highest BCUT2D eigenvalue weighted by molar-refractivity contribution is 7.89. The van der Waals surface area contributed by atoms with Crippen molar-refractivity contribution in [2.75, 3.05) is 5.32 Å². The number of thiazole rings is 1. The fourth-order valence-electron chi connectivity index (χ4n) is 1.75. The summed E-state index contributed by atoms with van der Waals surface area (Å²) in [7, 11) is -3.68. The maximum absolute atomic E-state index is 11.4. The lowest BCUT2D eigenvalue weighted by Crippen LogP contribution is -2.13. The predicted octanol–water partition coefficient (Wildman–Crippen LogP) is 2.33. The van der Waals surface area contributed by atoms with E-state index in [1.165, 1.54) is 10.9 Å². The molecular formula is C13H17N3O2S2. The van der Waals surface area contributed by atoms with Crippen LogP contribution in [0, 0.1) is 20.8 Å². The minimum Gasteiger partial charge on any atom is -0.378 e. The molecule has 20 heavy (non-hydrogen) atoms. The van der Waals surface area contributed by atoms with Crippen molar-refractivity contribution in [3.05, 3.63) is 39.3 Å². The zero-order chi connectivity index (χ0) is 14.9. The smallest absolute Gasteiger partial charge is 0.238 e. The zero-order valence-electron chi connectivity index (χ0n) is 11.6. The molecule has 1 aromatic heterocycles. The summed E-state index contributed by atoms with van der Waals surface area (Å²) in [4.78, 5) is 5.74. The van der Waals surface area contributed by atoms with Crippen LogP contribution in [0.1, 0.15) is 21.1 Å². The average Bonchev–Trinajstić information content (AvgIpc) is 2.66. The third kappa shape index (κ3) is 3.36. The van der Waals surface area contributed by atoms with Gasteiger partial charge in [-0.2, -0.15) is 0 Å². The highest BCUT2D eigenvalue weighted by Crippen LogP contribution is 2.22. The Kier molecular flexibility index (Phi) is 4.12. The number of hydrogen-bond acceptors (Lipinski definition) is 5. The molecule has 0 aliphatic carbocycles. The van der Waals surface area contributed by atoms with Gasteiger partial charge in [0, 0.05) is 10.6 Å². The van der Waals surface area contributed by atoms with Crippen molar-refractivity contribution in [1.29, 1.82) is 0 Å². The van der Waals surface area contributed by atoms with Crippen molar-refractivity contribution in [3.63, 3.8) is 0 Å². The second-order valence-electron chi connectivity index (χ2n) is 4.62. The summed E-state index contributed by atoms with van der Waals surface area (Å²) in [5, 5.41) is 9.32. The van der Waals surface area contributed by atoms with Crippen molar-refractivity contribution in [2.24, 2.45) is 5.14 Å². The van der Waals surface area contributed by atoms with Gasteiger partial charge < -0.3 is 5.32 Å². The molecule has 1 aromatic carbocycles. The molecule has 5 nitrogen and oxygen atoms in total. The van der Waals surface area contributed by atoms with E-state index in [2.05, 4.69) is 10.3 Å². The van der Waals surface area contributed by atoms with E-state index in [-0.39, 0.29) is 4.90 Å². The molecule has 0 aliphatic rings. The molecule has 3 N–H and O–H groups in total. The normalized spacial score (nSPS) is 11.6. The first-order valence-corrected chi connectivity index (χ1v) is 8.44. The Balaban J connectivity index is 2.21. The lowest BCUT2D eigenvalue weighted by Gasteiger charge is -2.09. The van der Waals surface area contributed by atoms with Crippen LogP contribution in [0.3, 0.4) is 0 Å². The summed E-state index contributed by atoms with van der Waals surface area (Å²) in [5.74, 6) is 0. The maximum Gasteiger partial charge on any atom is 0.238 e. The van der Waals surface area contributed by atoms with E-state index in [1.807, 2.05) is 20.8 Å². The van der Waals surface area contributed by atoms with Crippen molar-refractivity contribution in [1.82, 2.24) is 4.98 Å². The van der Waals surface area contributed by atoms with Gasteiger partial charge in [-0.3, -0.25) is 0 Å². The van der Waals surface area contributed by atoms with Gasteiger partial charge in [0.15, 0.2) is 0 Å². The highest BCUT2D eigenvalue weighted by atomic mass is 32.2. The molecule has 0 saturated heterocycles. The number of benzene rings is 1. The molecule has 2 rings (SSSR count). The van der Waals surface area contributed by atoms with Gasteiger partial charge in [-0.15, -0.1) is 11.3 Å². The van der Waals surface area contributed by atoms with Crippen LogP contribution < -0.4 is 10.5 Å². The number of rotatable bonds is 4. The Hall–Kier alpha value is -1.44. The van der Waals surface area contributed by atoms with Gasteiger partial charge >= 0.3 is 0 Å². The van der Waals surface area contributed by atoms with Crippen LogP contribution in [-0.2, 0) is 16.6 Å². The fourth-order valence-corrected chi connectivity index (χ4v) is 3.17. The van der Waals surface area contributed by atoms with E-state index in [0.29, 0.717) is 6.54 Å². The molecular weight excluding hydrogens is 294 g/mol. The van der Waals surface area contributed by atoms with Crippen molar-refractivity contribution in [3.8, 4) is 0 Å². The van der Waals surface area contributed by atoms with Crippen molar-refractivity contribution in [2.45, 2.75) is 32.2 Å². The standard InChI is InChI=1S/C13H17N3O2S2/c1-8-4-5-11(20(14,17)18)6-12(8)15-7-13-16-9(2)10(3)19-13/h4-6,15H,7H2,1-3H3,(H2,14,17,18). The zero-order valence-corrected chi connectivity index (χ0v) is 13.2. The molecule has 1 heterocycles. The number of anilines is 1. The topological polar surface area (TPSA) is 85.1 Å². The average molecular weight is 311 g/mol. The van der Waals surface area contributed by atoms with Gasteiger partial charge in [-0.25, -0.2) is 18.5 Å². The maximum atomic E-state index is 11.4. The Morgan fingerprint density at radius 2 is 2.00 bits per heavy atom. The van der Waals surface area contributed by atoms with Crippen molar-refractivity contribution >= 4 is 27.0 Å². The fraction of sp³-hybridized carbons (Fsp3) is 0.308. The van der Waals surface area contributed by atoms with Crippen molar-refractivity contribution < 1.29 is 8.42 Å². The van der Waals surface area contributed by atoms with Crippen LogP contribution in [0.5, 0.6) is 0 Å². The van der Waals surface area contributed by atoms with E-state index >= 15 is 0 Å². The SMILES string of the molecule is Cc1ccc(S(N)(=O)=O)cc1NCc1nc(C)c(C)s1.